The Hall–Kier alpha value is -2.13. The van der Waals surface area contributed by atoms with Gasteiger partial charge in [-0.05, 0) is 25.3 Å². The number of carbonyl (C=O) groups excluding carboxylic acids is 1. The van der Waals surface area contributed by atoms with E-state index >= 15 is 0 Å². The van der Waals surface area contributed by atoms with Crippen LogP contribution in [0.1, 0.15) is 39.0 Å². The molecule has 22 heavy (non-hydrogen) atoms. The van der Waals surface area contributed by atoms with Crippen LogP contribution in [-0.4, -0.2) is 26.1 Å². The second-order valence-corrected chi connectivity index (χ2v) is 7.15. The largest absolute Gasteiger partial charge is 0.313 e. The normalized spacial score (nSPS) is 14.4. The van der Waals surface area contributed by atoms with Crippen LogP contribution in [0, 0.1) is 6.92 Å². The molecular formula is C13H11N5O2S2. The maximum atomic E-state index is 12.4. The van der Waals surface area contributed by atoms with E-state index in [4.69, 9.17) is 0 Å². The van der Waals surface area contributed by atoms with Crippen LogP contribution < -0.4 is 10.9 Å². The molecule has 1 aliphatic rings. The van der Waals surface area contributed by atoms with Crippen molar-refractivity contribution >= 4 is 43.9 Å². The van der Waals surface area contributed by atoms with Gasteiger partial charge in [0.05, 0.1) is 16.6 Å². The molecule has 112 valence electrons. The first-order chi connectivity index (χ1) is 10.6. The van der Waals surface area contributed by atoms with E-state index in [9.17, 15) is 9.59 Å². The highest BCUT2D eigenvalue weighted by Gasteiger charge is 2.28. The van der Waals surface area contributed by atoms with Crippen LogP contribution in [-0.2, 0) is 0 Å². The van der Waals surface area contributed by atoms with Crippen molar-refractivity contribution < 1.29 is 4.79 Å². The van der Waals surface area contributed by atoms with Crippen LogP contribution in [0.25, 0.3) is 10.2 Å². The molecule has 0 saturated heterocycles. The summed E-state index contributed by atoms with van der Waals surface area (Å²) in [6.07, 6.45) is 3.63. The molecule has 1 fully saturated rings. The smallest absolute Gasteiger partial charge is 0.267 e. The molecule has 3 aromatic rings. The van der Waals surface area contributed by atoms with Gasteiger partial charge in [0.1, 0.15) is 9.84 Å². The first kappa shape index (κ1) is 13.5. The van der Waals surface area contributed by atoms with Crippen LogP contribution in [0.4, 0.5) is 5.13 Å². The molecule has 1 saturated carbocycles. The number of rotatable bonds is 3. The summed E-state index contributed by atoms with van der Waals surface area (Å²) in [7, 11) is 0. The highest BCUT2D eigenvalue weighted by molar-refractivity contribution is 7.21. The Morgan fingerprint density at radius 2 is 2.18 bits per heavy atom. The predicted molar refractivity (Wildman–Crippen MR) is 84.8 cm³/mol. The molecule has 4 rings (SSSR count). The fourth-order valence-corrected chi connectivity index (χ4v) is 4.18. The molecule has 3 heterocycles. The van der Waals surface area contributed by atoms with Crippen molar-refractivity contribution in [3.8, 4) is 0 Å². The van der Waals surface area contributed by atoms with Gasteiger partial charge in [-0.2, -0.15) is 0 Å². The number of carbonyl (C=O) groups is 1. The highest BCUT2D eigenvalue weighted by Crippen LogP contribution is 2.42. The molecule has 0 unspecified atom stereocenters. The van der Waals surface area contributed by atoms with Gasteiger partial charge in [0.25, 0.3) is 11.5 Å². The zero-order valence-electron chi connectivity index (χ0n) is 11.5. The number of nitrogens with zero attached hydrogens (tertiary/aromatic N) is 3. The van der Waals surface area contributed by atoms with Crippen LogP contribution in [0.15, 0.2) is 11.1 Å². The molecule has 9 heteroatoms. The molecule has 7 nitrogen and oxygen atoms in total. The summed E-state index contributed by atoms with van der Waals surface area (Å²) in [6, 6.07) is 0. The Labute approximate surface area is 132 Å². The third-order valence-electron chi connectivity index (χ3n) is 3.53. The maximum Gasteiger partial charge on any atom is 0.267 e. The number of thiophene rings is 1. The summed E-state index contributed by atoms with van der Waals surface area (Å²) in [5.41, 5.74) is 0.406. The minimum Gasteiger partial charge on any atom is -0.313 e. The van der Waals surface area contributed by atoms with E-state index in [2.05, 4.69) is 25.5 Å². The molecule has 1 aliphatic carbocycles. The molecule has 0 spiro atoms. The van der Waals surface area contributed by atoms with Crippen molar-refractivity contribution in [3.63, 3.8) is 0 Å². The molecular weight excluding hydrogens is 322 g/mol. The van der Waals surface area contributed by atoms with Crippen LogP contribution in [0.3, 0.4) is 0 Å². The second kappa shape index (κ2) is 4.96. The first-order valence-corrected chi connectivity index (χ1v) is 8.38. The van der Waals surface area contributed by atoms with E-state index in [1.54, 1.807) is 6.92 Å². The summed E-state index contributed by atoms with van der Waals surface area (Å²) in [5, 5.41) is 12.8. The van der Waals surface area contributed by atoms with Gasteiger partial charge in [-0.15, -0.1) is 21.5 Å². The SMILES string of the molecule is Cc1c(C(=O)Nc2nnc(C3CC3)s2)sc2nc[nH]c(=O)c12. The number of aryl methyl sites for hydroxylation is 1. The van der Waals surface area contributed by atoms with Gasteiger partial charge < -0.3 is 4.98 Å². The molecule has 0 bridgehead atoms. The summed E-state index contributed by atoms with van der Waals surface area (Å²) < 4.78 is 0. The van der Waals surface area contributed by atoms with E-state index in [0.29, 0.717) is 31.7 Å². The summed E-state index contributed by atoms with van der Waals surface area (Å²) in [6.45, 7) is 1.75. The van der Waals surface area contributed by atoms with Gasteiger partial charge in [0, 0.05) is 5.92 Å². The number of aromatic nitrogens is 4. The number of fused-ring (bicyclic) bond motifs is 1. The minimum atomic E-state index is -0.279. The predicted octanol–water partition coefficient (Wildman–Crippen LogP) is 2.27. The quantitative estimate of drug-likeness (QED) is 0.766. The van der Waals surface area contributed by atoms with Gasteiger partial charge >= 0.3 is 0 Å². The summed E-state index contributed by atoms with van der Waals surface area (Å²) in [5.74, 6) is 0.232. The zero-order valence-corrected chi connectivity index (χ0v) is 13.2. The Balaban J connectivity index is 1.65. The first-order valence-electron chi connectivity index (χ1n) is 6.75. The van der Waals surface area contributed by atoms with Crippen molar-refractivity contribution in [2.75, 3.05) is 5.32 Å². The van der Waals surface area contributed by atoms with Crippen molar-refractivity contribution in [2.45, 2.75) is 25.7 Å². The Kier molecular flexibility index (Phi) is 3.05. The molecule has 0 radical (unpaired) electrons. The number of anilines is 1. The van der Waals surface area contributed by atoms with Crippen LogP contribution in [0.5, 0.6) is 0 Å². The van der Waals surface area contributed by atoms with Crippen LogP contribution >= 0.6 is 22.7 Å². The van der Waals surface area contributed by atoms with Gasteiger partial charge in [-0.1, -0.05) is 11.3 Å². The topological polar surface area (TPSA) is 101 Å². The second-order valence-electron chi connectivity index (χ2n) is 5.14. The van der Waals surface area contributed by atoms with Crippen molar-refractivity contribution in [2.24, 2.45) is 0 Å². The van der Waals surface area contributed by atoms with Gasteiger partial charge in [0.15, 0.2) is 0 Å². The number of H-pyrrole nitrogens is 1. The number of amides is 1. The molecule has 3 aromatic heterocycles. The minimum absolute atomic E-state index is 0.232. The van der Waals surface area contributed by atoms with Crippen LogP contribution in [0.2, 0.25) is 0 Å². The lowest BCUT2D eigenvalue weighted by Crippen LogP contribution is -2.12. The molecule has 0 atom stereocenters. The fraction of sp³-hybridized carbons (Fsp3) is 0.308. The van der Waals surface area contributed by atoms with E-state index in [1.165, 1.54) is 29.0 Å². The van der Waals surface area contributed by atoms with Crippen molar-refractivity contribution in [1.82, 2.24) is 20.2 Å². The fourth-order valence-electron chi connectivity index (χ4n) is 2.23. The molecule has 0 aromatic carbocycles. The number of hydrogen-bond donors (Lipinski definition) is 2. The standard InChI is InChI=1S/C13H11N5O2S2/c1-5-7-9(19)14-4-15-12(7)21-8(5)10(20)16-13-18-17-11(22-13)6-2-3-6/h4,6H,2-3H2,1H3,(H,14,15,19)(H,16,18,20). The van der Waals surface area contributed by atoms with E-state index in [1.807, 2.05) is 0 Å². The van der Waals surface area contributed by atoms with Gasteiger partial charge in [-0.25, -0.2) is 4.98 Å². The van der Waals surface area contributed by atoms with Crippen molar-refractivity contribution in [3.05, 3.63) is 32.1 Å². The molecule has 0 aliphatic heterocycles. The number of hydrogen-bond acceptors (Lipinski definition) is 7. The third-order valence-corrected chi connectivity index (χ3v) is 5.73. The van der Waals surface area contributed by atoms with Crippen molar-refractivity contribution in [1.29, 1.82) is 0 Å². The Morgan fingerprint density at radius 1 is 1.36 bits per heavy atom. The monoisotopic (exact) mass is 333 g/mol. The average Bonchev–Trinajstić information content (AvgIpc) is 3.14. The van der Waals surface area contributed by atoms with E-state index in [0.717, 1.165) is 17.8 Å². The Morgan fingerprint density at radius 3 is 2.91 bits per heavy atom. The lowest BCUT2D eigenvalue weighted by molar-refractivity contribution is 0.103. The summed E-state index contributed by atoms with van der Waals surface area (Å²) in [4.78, 5) is 31.9. The highest BCUT2D eigenvalue weighted by atomic mass is 32.1. The average molecular weight is 333 g/mol. The third kappa shape index (κ3) is 2.22. The van der Waals surface area contributed by atoms with Gasteiger partial charge in [-0.3, -0.25) is 14.9 Å². The van der Waals surface area contributed by atoms with Gasteiger partial charge in [0.2, 0.25) is 5.13 Å². The Bertz CT molecular complexity index is 937. The number of nitrogens with one attached hydrogen (secondary N) is 2. The molecule has 2 N–H and O–H groups in total. The lowest BCUT2D eigenvalue weighted by Gasteiger charge is -1.98. The van der Waals surface area contributed by atoms with E-state index < -0.39 is 0 Å². The zero-order chi connectivity index (χ0) is 15.3. The maximum absolute atomic E-state index is 12.4. The molecule has 1 amide bonds. The van der Waals surface area contributed by atoms with E-state index in [-0.39, 0.29) is 11.5 Å². The summed E-state index contributed by atoms with van der Waals surface area (Å²) >= 11 is 2.61. The lowest BCUT2D eigenvalue weighted by atomic mass is 10.2. The number of aromatic amines is 1.